The largest absolute Gasteiger partial charge is 0.328 e. The molecule has 90 valence electrons. The molecule has 0 aliphatic heterocycles. The highest BCUT2D eigenvalue weighted by Crippen LogP contribution is 2.16. The molecule has 0 bridgehead atoms. The van der Waals surface area contributed by atoms with Gasteiger partial charge in [0.1, 0.15) is 0 Å². The summed E-state index contributed by atoms with van der Waals surface area (Å²) in [5, 5.41) is 0. The molecule has 1 unspecified atom stereocenters. The molecule has 16 heavy (non-hydrogen) atoms. The Bertz CT molecular complexity index is 313. The summed E-state index contributed by atoms with van der Waals surface area (Å²) in [6.45, 7) is 4.21. The summed E-state index contributed by atoms with van der Waals surface area (Å²) in [7, 11) is 2.15. The minimum Gasteiger partial charge on any atom is -0.328 e. The van der Waals surface area contributed by atoms with Gasteiger partial charge >= 0.3 is 0 Å². The van der Waals surface area contributed by atoms with Gasteiger partial charge in [0.25, 0.3) is 0 Å². The van der Waals surface area contributed by atoms with Crippen LogP contribution in [0.1, 0.15) is 18.9 Å². The van der Waals surface area contributed by atoms with E-state index in [9.17, 15) is 0 Å². The molecule has 0 spiro atoms. The zero-order valence-corrected chi connectivity index (χ0v) is 11.7. The van der Waals surface area contributed by atoms with Crippen LogP contribution < -0.4 is 5.73 Å². The summed E-state index contributed by atoms with van der Waals surface area (Å²) in [6.07, 6.45) is 2.14. The van der Waals surface area contributed by atoms with Crippen molar-refractivity contribution in [1.82, 2.24) is 4.90 Å². The van der Waals surface area contributed by atoms with Gasteiger partial charge in [-0.25, -0.2) is 0 Å². The van der Waals surface area contributed by atoms with E-state index < -0.39 is 0 Å². The van der Waals surface area contributed by atoms with Crippen molar-refractivity contribution in [3.8, 4) is 0 Å². The van der Waals surface area contributed by atoms with Gasteiger partial charge in [-0.15, -0.1) is 0 Å². The lowest BCUT2D eigenvalue weighted by Gasteiger charge is -2.18. The number of halogens is 1. The van der Waals surface area contributed by atoms with E-state index in [0.717, 1.165) is 25.9 Å². The first-order valence-corrected chi connectivity index (χ1v) is 6.56. The van der Waals surface area contributed by atoms with Crippen LogP contribution in [0.5, 0.6) is 0 Å². The van der Waals surface area contributed by atoms with Gasteiger partial charge < -0.3 is 10.6 Å². The van der Waals surface area contributed by atoms with E-state index in [1.54, 1.807) is 0 Å². The third kappa shape index (κ3) is 5.10. The lowest BCUT2D eigenvalue weighted by atomic mass is 10.1. The summed E-state index contributed by atoms with van der Waals surface area (Å²) in [4.78, 5) is 2.34. The van der Waals surface area contributed by atoms with E-state index in [2.05, 4.69) is 53.0 Å². The highest BCUT2D eigenvalue weighted by molar-refractivity contribution is 9.10. The van der Waals surface area contributed by atoms with Crippen molar-refractivity contribution in [2.45, 2.75) is 25.8 Å². The van der Waals surface area contributed by atoms with Gasteiger partial charge in [0.15, 0.2) is 0 Å². The highest BCUT2D eigenvalue weighted by Gasteiger charge is 2.03. The van der Waals surface area contributed by atoms with E-state index >= 15 is 0 Å². The maximum atomic E-state index is 5.74. The first-order chi connectivity index (χ1) is 7.59. The van der Waals surface area contributed by atoms with Crippen LogP contribution >= 0.6 is 15.9 Å². The summed E-state index contributed by atoms with van der Waals surface area (Å²) in [6, 6.07) is 8.70. The molecule has 2 nitrogen and oxygen atoms in total. The van der Waals surface area contributed by atoms with Gasteiger partial charge in [0.05, 0.1) is 0 Å². The fraction of sp³-hybridized carbons (Fsp3) is 0.538. The molecule has 0 heterocycles. The lowest BCUT2D eigenvalue weighted by Crippen LogP contribution is -2.27. The average Bonchev–Trinajstić information content (AvgIpc) is 2.25. The maximum absolute atomic E-state index is 5.74. The molecule has 0 amide bonds. The Balaban J connectivity index is 2.31. The summed E-state index contributed by atoms with van der Waals surface area (Å²) in [5.41, 5.74) is 7.11. The number of hydrogen-bond donors (Lipinski definition) is 1. The molecule has 1 aromatic rings. The van der Waals surface area contributed by atoms with Gasteiger partial charge in [-0.3, -0.25) is 0 Å². The summed E-state index contributed by atoms with van der Waals surface area (Å²) in [5.74, 6) is 0. The number of nitrogens with zero attached hydrogens (tertiary/aromatic N) is 1. The SMILES string of the molecule is CC(N)CCN(C)CCc1ccccc1Br. The van der Waals surface area contributed by atoms with Crippen LogP contribution in [0.3, 0.4) is 0 Å². The van der Waals surface area contributed by atoms with Crippen molar-refractivity contribution in [2.24, 2.45) is 5.73 Å². The molecule has 3 heteroatoms. The van der Waals surface area contributed by atoms with Crippen molar-refractivity contribution in [3.63, 3.8) is 0 Å². The Hall–Kier alpha value is -0.380. The zero-order chi connectivity index (χ0) is 12.0. The Kier molecular flexibility index (Phi) is 6.03. The Morgan fingerprint density at radius 2 is 2.00 bits per heavy atom. The van der Waals surface area contributed by atoms with Crippen LogP contribution in [-0.4, -0.2) is 31.1 Å². The number of rotatable bonds is 6. The first-order valence-electron chi connectivity index (χ1n) is 5.77. The lowest BCUT2D eigenvalue weighted by molar-refractivity contribution is 0.324. The molecule has 0 aliphatic rings. The maximum Gasteiger partial charge on any atom is 0.0207 e. The number of benzene rings is 1. The van der Waals surface area contributed by atoms with Crippen LogP contribution in [0.4, 0.5) is 0 Å². The molecule has 1 rings (SSSR count). The molecule has 2 N–H and O–H groups in total. The molecular weight excluding hydrogens is 264 g/mol. The minimum absolute atomic E-state index is 0.297. The van der Waals surface area contributed by atoms with E-state index in [-0.39, 0.29) is 0 Å². The second-order valence-corrected chi connectivity index (χ2v) is 5.26. The van der Waals surface area contributed by atoms with E-state index in [4.69, 9.17) is 5.73 Å². The molecular formula is C13H21BrN2. The van der Waals surface area contributed by atoms with Crippen LogP contribution in [0.2, 0.25) is 0 Å². The second kappa shape index (κ2) is 7.05. The predicted octanol–water partition coefficient (Wildman–Crippen LogP) is 2.66. The monoisotopic (exact) mass is 284 g/mol. The molecule has 1 atom stereocenters. The molecule has 0 fully saturated rings. The van der Waals surface area contributed by atoms with E-state index in [0.29, 0.717) is 6.04 Å². The smallest absolute Gasteiger partial charge is 0.0207 e. The Morgan fingerprint density at radius 3 is 2.62 bits per heavy atom. The molecule has 0 aromatic heterocycles. The van der Waals surface area contributed by atoms with Crippen molar-refractivity contribution in [2.75, 3.05) is 20.1 Å². The highest BCUT2D eigenvalue weighted by atomic mass is 79.9. The molecule has 0 saturated heterocycles. The van der Waals surface area contributed by atoms with Crippen LogP contribution in [0.15, 0.2) is 28.7 Å². The van der Waals surface area contributed by atoms with Gasteiger partial charge in [-0.05, 0) is 45.0 Å². The van der Waals surface area contributed by atoms with Crippen molar-refractivity contribution < 1.29 is 0 Å². The Labute approximate surface area is 107 Å². The van der Waals surface area contributed by atoms with Gasteiger partial charge in [0, 0.05) is 17.1 Å². The Morgan fingerprint density at radius 1 is 1.31 bits per heavy atom. The van der Waals surface area contributed by atoms with Crippen molar-refractivity contribution in [1.29, 1.82) is 0 Å². The van der Waals surface area contributed by atoms with Crippen LogP contribution in [0.25, 0.3) is 0 Å². The van der Waals surface area contributed by atoms with Crippen molar-refractivity contribution >= 4 is 15.9 Å². The average molecular weight is 285 g/mol. The molecule has 0 radical (unpaired) electrons. The third-order valence-corrected chi connectivity index (χ3v) is 3.46. The normalized spacial score (nSPS) is 13.1. The number of hydrogen-bond acceptors (Lipinski definition) is 2. The molecule has 0 saturated carbocycles. The summed E-state index contributed by atoms with van der Waals surface area (Å²) < 4.78 is 1.20. The van der Waals surface area contributed by atoms with E-state index in [1.807, 2.05) is 6.07 Å². The molecule has 0 aliphatic carbocycles. The summed E-state index contributed by atoms with van der Waals surface area (Å²) >= 11 is 3.57. The zero-order valence-electron chi connectivity index (χ0n) is 10.1. The standard InChI is InChI=1S/C13H21BrN2/c1-11(15)7-9-16(2)10-8-12-5-3-4-6-13(12)14/h3-6,11H,7-10,15H2,1-2H3. The van der Waals surface area contributed by atoms with Crippen molar-refractivity contribution in [3.05, 3.63) is 34.3 Å². The minimum atomic E-state index is 0.297. The number of nitrogens with two attached hydrogens (primary N) is 1. The fourth-order valence-electron chi connectivity index (χ4n) is 1.55. The van der Waals surface area contributed by atoms with Gasteiger partial charge in [-0.1, -0.05) is 34.1 Å². The van der Waals surface area contributed by atoms with Gasteiger partial charge in [0.2, 0.25) is 0 Å². The first kappa shape index (κ1) is 13.7. The van der Waals surface area contributed by atoms with Crippen LogP contribution in [-0.2, 0) is 6.42 Å². The molecule has 1 aromatic carbocycles. The third-order valence-electron chi connectivity index (χ3n) is 2.69. The van der Waals surface area contributed by atoms with E-state index in [1.165, 1.54) is 10.0 Å². The second-order valence-electron chi connectivity index (χ2n) is 4.41. The van der Waals surface area contributed by atoms with Gasteiger partial charge in [-0.2, -0.15) is 0 Å². The number of likely N-dealkylation sites (N-methyl/N-ethyl adjacent to an activating group) is 1. The quantitative estimate of drug-likeness (QED) is 0.870. The fourth-order valence-corrected chi connectivity index (χ4v) is 2.03. The van der Waals surface area contributed by atoms with Crippen LogP contribution in [0, 0.1) is 0 Å². The topological polar surface area (TPSA) is 29.3 Å². The predicted molar refractivity (Wildman–Crippen MR) is 73.6 cm³/mol.